The third-order valence-electron chi connectivity index (χ3n) is 3.25. The van der Waals surface area contributed by atoms with Crippen molar-refractivity contribution in [1.82, 2.24) is 0 Å². The van der Waals surface area contributed by atoms with Crippen LogP contribution >= 0.6 is 0 Å². The predicted octanol–water partition coefficient (Wildman–Crippen LogP) is 1.95. The molecule has 0 aliphatic heterocycles. The van der Waals surface area contributed by atoms with Gasteiger partial charge in [0.25, 0.3) is 0 Å². The van der Waals surface area contributed by atoms with Crippen molar-refractivity contribution in [2.45, 2.75) is 33.8 Å². The summed E-state index contributed by atoms with van der Waals surface area (Å²) in [7, 11) is 0. The molecule has 1 aliphatic rings. The van der Waals surface area contributed by atoms with Gasteiger partial charge in [-0.25, -0.2) is 4.79 Å². The first kappa shape index (κ1) is 15.4. The van der Waals surface area contributed by atoms with Crippen LogP contribution in [0.25, 0.3) is 0 Å². The van der Waals surface area contributed by atoms with Gasteiger partial charge in [0.05, 0.1) is 12.2 Å². The Kier molecular flexibility index (Phi) is 4.84. The molecule has 104 valence electrons. The van der Waals surface area contributed by atoms with E-state index >= 15 is 0 Å². The summed E-state index contributed by atoms with van der Waals surface area (Å²) in [6, 6.07) is 0. The van der Waals surface area contributed by atoms with Gasteiger partial charge in [-0.1, -0.05) is 26.0 Å². The second-order valence-corrected chi connectivity index (χ2v) is 5.15. The van der Waals surface area contributed by atoms with Crippen molar-refractivity contribution in [2.24, 2.45) is 5.41 Å². The second-order valence-electron chi connectivity index (χ2n) is 5.15. The number of carbonyl (C=O) groups is 2. The van der Waals surface area contributed by atoms with E-state index in [-0.39, 0.29) is 17.6 Å². The minimum Gasteiger partial charge on any atom is -0.450 e. The minimum atomic E-state index is -0.566. The molecule has 0 spiro atoms. The van der Waals surface area contributed by atoms with E-state index < -0.39 is 12.1 Å². The van der Waals surface area contributed by atoms with Gasteiger partial charge < -0.3 is 9.84 Å². The van der Waals surface area contributed by atoms with Crippen LogP contribution in [0, 0.1) is 5.41 Å². The van der Waals surface area contributed by atoms with Gasteiger partial charge in [-0.05, 0) is 25.5 Å². The molecule has 1 atom stereocenters. The average molecular weight is 264 g/mol. The SMILES string of the molecule is CC=C(CO)C(=O)O[C@@H]1C=C(C=O)C(C)(C)C=C1C. The number of carbonyl (C=O) groups excluding carboxylic acids is 2. The maximum atomic E-state index is 11.8. The van der Waals surface area contributed by atoms with Crippen molar-refractivity contribution < 1.29 is 19.4 Å². The molecule has 0 saturated heterocycles. The van der Waals surface area contributed by atoms with Crippen LogP contribution in [-0.2, 0) is 14.3 Å². The van der Waals surface area contributed by atoms with E-state index in [2.05, 4.69) is 0 Å². The molecule has 0 saturated carbocycles. The molecule has 0 aromatic carbocycles. The Labute approximate surface area is 113 Å². The standard InChI is InChI=1S/C15H20O4/c1-5-11(8-16)14(18)19-13-6-12(9-17)15(3,4)7-10(13)2/h5-7,9,13,16H,8H2,1-4H3/t13-/m1/s1. The first-order valence-electron chi connectivity index (χ1n) is 6.19. The summed E-state index contributed by atoms with van der Waals surface area (Å²) >= 11 is 0. The van der Waals surface area contributed by atoms with Crippen molar-refractivity contribution >= 4 is 12.3 Å². The third-order valence-corrected chi connectivity index (χ3v) is 3.25. The number of rotatable bonds is 4. The van der Waals surface area contributed by atoms with Gasteiger partial charge in [0, 0.05) is 11.0 Å². The molecule has 0 heterocycles. The van der Waals surface area contributed by atoms with Gasteiger partial charge in [0.15, 0.2) is 0 Å². The van der Waals surface area contributed by atoms with Crippen molar-refractivity contribution in [3.8, 4) is 0 Å². The highest BCUT2D eigenvalue weighted by molar-refractivity contribution is 5.89. The maximum absolute atomic E-state index is 11.8. The lowest BCUT2D eigenvalue weighted by molar-refractivity contribution is -0.141. The summed E-state index contributed by atoms with van der Waals surface area (Å²) in [6.45, 7) is 7.01. The van der Waals surface area contributed by atoms with Crippen molar-refractivity contribution in [3.63, 3.8) is 0 Å². The Balaban J connectivity index is 2.94. The molecule has 0 aromatic heterocycles. The first-order valence-corrected chi connectivity index (χ1v) is 6.19. The van der Waals surface area contributed by atoms with E-state index in [1.54, 1.807) is 13.0 Å². The molecule has 0 fully saturated rings. The van der Waals surface area contributed by atoms with E-state index in [1.165, 1.54) is 6.08 Å². The van der Waals surface area contributed by atoms with E-state index in [0.29, 0.717) is 5.57 Å². The molecule has 0 amide bonds. The summed E-state index contributed by atoms with van der Waals surface area (Å²) in [5, 5.41) is 9.02. The van der Waals surface area contributed by atoms with Crippen LogP contribution in [0.5, 0.6) is 0 Å². The van der Waals surface area contributed by atoms with E-state index in [0.717, 1.165) is 11.9 Å². The highest BCUT2D eigenvalue weighted by atomic mass is 16.5. The van der Waals surface area contributed by atoms with Crippen LogP contribution < -0.4 is 0 Å². The molecular weight excluding hydrogens is 244 g/mol. The summed E-state index contributed by atoms with van der Waals surface area (Å²) in [5.41, 5.74) is 1.31. The lowest BCUT2D eigenvalue weighted by Crippen LogP contribution is -2.27. The fraction of sp³-hybridized carbons (Fsp3) is 0.467. The minimum absolute atomic E-state index is 0.207. The molecular formula is C15H20O4. The Hall–Kier alpha value is -1.68. The molecule has 0 unspecified atom stereocenters. The number of hydrogen-bond donors (Lipinski definition) is 1. The van der Waals surface area contributed by atoms with Gasteiger partial charge in [-0.3, -0.25) is 4.79 Å². The highest BCUT2D eigenvalue weighted by Gasteiger charge is 2.29. The lowest BCUT2D eigenvalue weighted by Gasteiger charge is -2.30. The molecule has 0 aromatic rings. The van der Waals surface area contributed by atoms with Gasteiger partial charge in [0.2, 0.25) is 0 Å². The molecule has 19 heavy (non-hydrogen) atoms. The topological polar surface area (TPSA) is 63.6 Å². The van der Waals surface area contributed by atoms with Crippen LogP contribution in [0.15, 0.2) is 34.9 Å². The number of esters is 1. The van der Waals surface area contributed by atoms with Crippen LogP contribution in [0.3, 0.4) is 0 Å². The highest BCUT2D eigenvalue weighted by Crippen LogP contribution is 2.34. The van der Waals surface area contributed by atoms with Crippen LogP contribution in [0.2, 0.25) is 0 Å². The molecule has 0 radical (unpaired) electrons. The number of hydrogen-bond acceptors (Lipinski definition) is 4. The zero-order valence-corrected chi connectivity index (χ0v) is 11.8. The third kappa shape index (κ3) is 3.41. The van der Waals surface area contributed by atoms with Crippen LogP contribution in [0.4, 0.5) is 0 Å². The smallest absolute Gasteiger partial charge is 0.336 e. The number of aliphatic hydroxyl groups is 1. The Morgan fingerprint density at radius 3 is 2.63 bits per heavy atom. The number of aldehydes is 1. The monoisotopic (exact) mass is 264 g/mol. The molecule has 0 bridgehead atoms. The fourth-order valence-electron chi connectivity index (χ4n) is 2.03. The first-order chi connectivity index (χ1) is 8.85. The summed E-state index contributed by atoms with van der Waals surface area (Å²) in [6.07, 6.45) is 5.32. The summed E-state index contributed by atoms with van der Waals surface area (Å²) in [5.74, 6) is -0.566. The van der Waals surface area contributed by atoms with Gasteiger partial charge in [0.1, 0.15) is 12.4 Å². The molecule has 1 rings (SSSR count). The second kappa shape index (κ2) is 5.97. The van der Waals surface area contributed by atoms with Gasteiger partial charge in [-0.2, -0.15) is 0 Å². The van der Waals surface area contributed by atoms with E-state index in [1.807, 2.05) is 26.8 Å². The van der Waals surface area contributed by atoms with E-state index in [9.17, 15) is 9.59 Å². The fourth-order valence-corrected chi connectivity index (χ4v) is 2.03. The van der Waals surface area contributed by atoms with Gasteiger partial charge >= 0.3 is 5.97 Å². The lowest BCUT2D eigenvalue weighted by atomic mass is 9.78. The quantitative estimate of drug-likeness (QED) is 0.365. The Morgan fingerprint density at radius 2 is 2.16 bits per heavy atom. The van der Waals surface area contributed by atoms with Crippen molar-refractivity contribution in [3.05, 3.63) is 34.9 Å². The number of aliphatic hydroxyl groups excluding tert-OH is 1. The van der Waals surface area contributed by atoms with Gasteiger partial charge in [-0.15, -0.1) is 0 Å². The molecule has 4 nitrogen and oxygen atoms in total. The normalized spacial score (nSPS) is 22.4. The van der Waals surface area contributed by atoms with Crippen molar-refractivity contribution in [1.29, 1.82) is 0 Å². The van der Waals surface area contributed by atoms with Crippen LogP contribution in [0.1, 0.15) is 27.7 Å². The summed E-state index contributed by atoms with van der Waals surface area (Å²) in [4.78, 5) is 22.9. The molecule has 4 heteroatoms. The average Bonchev–Trinajstić information content (AvgIpc) is 2.33. The molecule has 1 N–H and O–H groups in total. The maximum Gasteiger partial charge on any atom is 0.336 e. The predicted molar refractivity (Wildman–Crippen MR) is 72.4 cm³/mol. The Bertz CT molecular complexity index is 467. The number of allylic oxidation sites excluding steroid dienone is 3. The summed E-state index contributed by atoms with van der Waals surface area (Å²) < 4.78 is 5.30. The Morgan fingerprint density at radius 1 is 1.53 bits per heavy atom. The molecule has 1 aliphatic carbocycles. The largest absolute Gasteiger partial charge is 0.450 e. The van der Waals surface area contributed by atoms with Crippen LogP contribution in [-0.4, -0.2) is 30.1 Å². The zero-order chi connectivity index (χ0) is 14.6. The van der Waals surface area contributed by atoms with E-state index in [4.69, 9.17) is 9.84 Å². The zero-order valence-electron chi connectivity index (χ0n) is 11.8. The van der Waals surface area contributed by atoms with Crippen molar-refractivity contribution in [2.75, 3.05) is 6.61 Å². The number of ether oxygens (including phenoxy) is 1.